The highest BCUT2D eigenvalue weighted by molar-refractivity contribution is 6.75. The fourth-order valence-corrected chi connectivity index (χ4v) is 0.553. The first kappa shape index (κ1) is 16.7. The SMILES string of the molecule is CCC[NH2+]CCC.O=C([O-])C(Cl)(Cl)Cl. The number of carboxylic acids is 1. The Hall–Kier alpha value is 0.300. The molecule has 0 saturated heterocycles. The lowest BCUT2D eigenvalue weighted by Gasteiger charge is -2.09. The Morgan fingerprint density at radius 3 is 1.64 bits per heavy atom. The lowest BCUT2D eigenvalue weighted by molar-refractivity contribution is -0.654. The summed E-state index contributed by atoms with van der Waals surface area (Å²) in [4.78, 5) is 9.51. The number of hydrogen-bond acceptors (Lipinski definition) is 2. The Bertz CT molecular complexity index is 144. The molecule has 0 spiro atoms. The van der Waals surface area contributed by atoms with Gasteiger partial charge in [-0.1, -0.05) is 48.7 Å². The number of halogens is 3. The van der Waals surface area contributed by atoms with Crippen LogP contribution in [0.5, 0.6) is 0 Å². The van der Waals surface area contributed by atoms with Crippen LogP contribution in [-0.2, 0) is 4.79 Å². The highest BCUT2D eigenvalue weighted by Gasteiger charge is 2.20. The van der Waals surface area contributed by atoms with Crippen molar-refractivity contribution >= 4 is 40.8 Å². The molecule has 0 aliphatic heterocycles. The molecule has 0 heterocycles. The number of quaternary nitrogens is 1. The highest BCUT2D eigenvalue weighted by Crippen LogP contribution is 2.24. The summed E-state index contributed by atoms with van der Waals surface area (Å²) in [7, 11) is 0. The monoisotopic (exact) mass is 263 g/mol. The van der Waals surface area contributed by atoms with Gasteiger partial charge in [-0.05, 0) is 12.8 Å². The minimum absolute atomic E-state index is 1.30. The largest absolute Gasteiger partial charge is 0.545 e. The third-order valence-corrected chi connectivity index (χ3v) is 1.68. The summed E-state index contributed by atoms with van der Waals surface area (Å²) in [6, 6.07) is 0. The van der Waals surface area contributed by atoms with E-state index in [4.69, 9.17) is 34.8 Å². The second-order valence-corrected chi connectivity index (χ2v) is 4.93. The third kappa shape index (κ3) is 14.8. The molecular formula is C8H16Cl3NO2. The van der Waals surface area contributed by atoms with Gasteiger partial charge in [-0.15, -0.1) is 0 Å². The molecule has 0 aromatic carbocycles. The Morgan fingerprint density at radius 2 is 1.50 bits per heavy atom. The first-order valence-corrected chi connectivity index (χ1v) is 5.59. The topological polar surface area (TPSA) is 56.7 Å². The molecule has 3 nitrogen and oxygen atoms in total. The zero-order valence-corrected chi connectivity index (χ0v) is 10.6. The number of carbonyl (C=O) groups is 1. The van der Waals surface area contributed by atoms with Crippen molar-refractivity contribution in [2.24, 2.45) is 0 Å². The molecule has 0 rings (SSSR count). The molecule has 86 valence electrons. The van der Waals surface area contributed by atoms with Gasteiger partial charge in [0.25, 0.3) is 0 Å². The zero-order chi connectivity index (χ0) is 11.6. The van der Waals surface area contributed by atoms with E-state index < -0.39 is 9.76 Å². The van der Waals surface area contributed by atoms with Crippen LogP contribution in [0.4, 0.5) is 0 Å². The van der Waals surface area contributed by atoms with E-state index in [1.165, 1.54) is 25.9 Å². The standard InChI is InChI=1S/C6H15N.C2HCl3O2/c1-3-5-7-6-4-2;3-2(4,5)1(6)7/h7H,3-6H2,1-2H3;(H,6,7). The van der Waals surface area contributed by atoms with E-state index in [0.29, 0.717) is 0 Å². The molecule has 0 aliphatic rings. The molecule has 0 atom stereocenters. The van der Waals surface area contributed by atoms with Crippen molar-refractivity contribution in [3.8, 4) is 0 Å². The van der Waals surface area contributed by atoms with Crippen molar-refractivity contribution in [3.05, 3.63) is 0 Å². The predicted molar refractivity (Wildman–Crippen MR) is 57.5 cm³/mol. The smallest absolute Gasteiger partial charge is 0.230 e. The van der Waals surface area contributed by atoms with E-state index in [0.717, 1.165) is 0 Å². The van der Waals surface area contributed by atoms with E-state index in [2.05, 4.69) is 19.2 Å². The van der Waals surface area contributed by atoms with Gasteiger partial charge < -0.3 is 15.2 Å². The van der Waals surface area contributed by atoms with Gasteiger partial charge in [0.05, 0.1) is 19.1 Å². The van der Waals surface area contributed by atoms with Crippen molar-refractivity contribution in [3.63, 3.8) is 0 Å². The molecule has 2 N–H and O–H groups in total. The predicted octanol–water partition coefficient (Wildman–Crippen LogP) is 0.476. The van der Waals surface area contributed by atoms with Crippen molar-refractivity contribution in [2.75, 3.05) is 13.1 Å². The number of alkyl halides is 3. The molecule has 14 heavy (non-hydrogen) atoms. The second-order valence-electron chi connectivity index (χ2n) is 2.65. The summed E-state index contributed by atoms with van der Waals surface area (Å²) >= 11 is 14.2. The summed E-state index contributed by atoms with van der Waals surface area (Å²) in [5.41, 5.74) is 0. The first-order valence-electron chi connectivity index (χ1n) is 4.46. The maximum absolute atomic E-state index is 9.51. The average molecular weight is 265 g/mol. The molecular weight excluding hydrogens is 248 g/mol. The second kappa shape index (κ2) is 9.84. The van der Waals surface area contributed by atoms with Crippen molar-refractivity contribution in [1.82, 2.24) is 0 Å². The normalized spacial score (nSPS) is 10.4. The summed E-state index contributed by atoms with van der Waals surface area (Å²) < 4.78 is -2.28. The Kier molecular flexibility index (Phi) is 11.8. The van der Waals surface area contributed by atoms with Gasteiger partial charge in [-0.3, -0.25) is 0 Å². The molecule has 0 radical (unpaired) electrons. The fourth-order valence-electron chi connectivity index (χ4n) is 0.553. The molecule has 0 fully saturated rings. The summed E-state index contributed by atoms with van der Waals surface area (Å²) in [6.45, 7) is 7.03. The van der Waals surface area contributed by atoms with E-state index in [1.54, 1.807) is 0 Å². The van der Waals surface area contributed by atoms with Crippen LogP contribution in [0.25, 0.3) is 0 Å². The quantitative estimate of drug-likeness (QED) is 0.593. The Balaban J connectivity index is 0. The lowest BCUT2D eigenvalue weighted by atomic mass is 10.4. The van der Waals surface area contributed by atoms with E-state index in [9.17, 15) is 9.90 Å². The number of aliphatic carboxylic acids is 1. The van der Waals surface area contributed by atoms with E-state index in [1.807, 2.05) is 0 Å². The van der Waals surface area contributed by atoms with Gasteiger partial charge >= 0.3 is 0 Å². The van der Waals surface area contributed by atoms with Crippen LogP contribution in [0.2, 0.25) is 0 Å². The molecule has 0 bridgehead atoms. The van der Waals surface area contributed by atoms with Crippen LogP contribution in [0.3, 0.4) is 0 Å². The lowest BCUT2D eigenvalue weighted by Crippen LogP contribution is -2.84. The van der Waals surface area contributed by atoms with Crippen LogP contribution in [-0.4, -0.2) is 22.9 Å². The number of rotatable bonds is 4. The molecule has 0 unspecified atom stereocenters. The van der Waals surface area contributed by atoms with Crippen LogP contribution in [0.15, 0.2) is 0 Å². The minimum atomic E-state index is -2.28. The van der Waals surface area contributed by atoms with Gasteiger partial charge in [0.1, 0.15) is 0 Å². The summed E-state index contributed by atoms with van der Waals surface area (Å²) in [5.74, 6) is -1.71. The maximum atomic E-state index is 9.51. The van der Waals surface area contributed by atoms with Gasteiger partial charge in [-0.25, -0.2) is 0 Å². The Labute approximate surface area is 99.7 Å². The van der Waals surface area contributed by atoms with Crippen molar-refractivity contribution in [2.45, 2.75) is 30.5 Å². The number of carbonyl (C=O) groups excluding carboxylic acids is 1. The zero-order valence-electron chi connectivity index (χ0n) is 8.36. The number of nitrogens with two attached hydrogens (primary N) is 1. The molecule has 6 heteroatoms. The number of carboxylic acid groups (broad SMARTS) is 1. The summed E-state index contributed by atoms with van der Waals surface area (Å²) in [5, 5.41) is 11.9. The van der Waals surface area contributed by atoms with Crippen LogP contribution in [0.1, 0.15) is 26.7 Å². The van der Waals surface area contributed by atoms with E-state index in [-0.39, 0.29) is 0 Å². The maximum Gasteiger partial charge on any atom is 0.230 e. The first-order chi connectivity index (χ1) is 6.36. The Morgan fingerprint density at radius 1 is 1.21 bits per heavy atom. The average Bonchev–Trinajstić information content (AvgIpc) is 2.05. The van der Waals surface area contributed by atoms with Crippen LogP contribution in [0, 0.1) is 0 Å². The molecule has 0 saturated carbocycles. The minimum Gasteiger partial charge on any atom is -0.545 e. The van der Waals surface area contributed by atoms with Crippen molar-refractivity contribution in [1.29, 1.82) is 0 Å². The van der Waals surface area contributed by atoms with Gasteiger partial charge in [0.15, 0.2) is 0 Å². The fraction of sp³-hybridized carbons (Fsp3) is 0.875. The molecule has 0 amide bonds. The number of hydrogen-bond donors (Lipinski definition) is 1. The molecule has 0 aromatic rings. The highest BCUT2D eigenvalue weighted by atomic mass is 35.6. The van der Waals surface area contributed by atoms with Gasteiger partial charge in [0.2, 0.25) is 3.79 Å². The van der Waals surface area contributed by atoms with Crippen LogP contribution < -0.4 is 10.4 Å². The molecule has 0 aromatic heterocycles. The molecule has 0 aliphatic carbocycles. The van der Waals surface area contributed by atoms with E-state index >= 15 is 0 Å². The summed E-state index contributed by atoms with van der Waals surface area (Å²) in [6.07, 6.45) is 2.61. The van der Waals surface area contributed by atoms with Crippen LogP contribution >= 0.6 is 34.8 Å². The van der Waals surface area contributed by atoms with Gasteiger partial charge in [0, 0.05) is 0 Å². The van der Waals surface area contributed by atoms with Crippen molar-refractivity contribution < 1.29 is 15.2 Å². The van der Waals surface area contributed by atoms with Gasteiger partial charge in [-0.2, -0.15) is 0 Å². The third-order valence-electron chi connectivity index (χ3n) is 1.22.